The van der Waals surface area contributed by atoms with Gasteiger partial charge in [-0.15, -0.1) is 0 Å². The summed E-state index contributed by atoms with van der Waals surface area (Å²) in [5.74, 6) is -1.24. The summed E-state index contributed by atoms with van der Waals surface area (Å²) < 4.78 is 10.1. The van der Waals surface area contributed by atoms with Crippen LogP contribution in [-0.2, 0) is 0 Å². The van der Waals surface area contributed by atoms with Gasteiger partial charge < -0.3 is 19.7 Å². The zero-order chi connectivity index (χ0) is 14.7. The zero-order valence-corrected chi connectivity index (χ0v) is 17.1. The maximum atomic E-state index is 12.4. The molecule has 0 bridgehead atoms. The van der Waals surface area contributed by atoms with Gasteiger partial charge in [0, 0.05) is 64.7 Å². The predicted molar refractivity (Wildman–Crippen MR) is 84.3 cm³/mol. The van der Waals surface area contributed by atoms with Crippen molar-refractivity contribution in [3.8, 4) is 23.0 Å². The maximum Gasteiger partial charge on any atom is 0.207 e. The van der Waals surface area contributed by atoms with E-state index in [1.54, 1.807) is 30.3 Å². The monoisotopic (exact) mass is 320 g/mol. The third kappa shape index (κ3) is 4.19. The molecule has 0 aliphatic heterocycles. The van der Waals surface area contributed by atoms with Gasteiger partial charge in [0.05, 0.1) is 19.8 Å². The Labute approximate surface area is 172 Å². The molecule has 5 nitrogen and oxygen atoms in total. The molecular weight excluding hydrogens is 306 g/mol. The summed E-state index contributed by atoms with van der Waals surface area (Å²) >= 11 is 0. The van der Waals surface area contributed by atoms with Gasteiger partial charge in [-0.2, -0.15) is 0 Å². The van der Waals surface area contributed by atoms with Crippen LogP contribution < -0.4 is 9.47 Å². The van der Waals surface area contributed by atoms with Gasteiger partial charge in [0.25, 0.3) is 0 Å². The van der Waals surface area contributed by atoms with E-state index in [1.165, 1.54) is 14.2 Å². The van der Waals surface area contributed by atoms with Gasteiger partial charge in [0.15, 0.2) is 17.3 Å². The molecule has 0 fully saturated rings. The van der Waals surface area contributed by atoms with E-state index in [2.05, 4.69) is 0 Å². The predicted octanol–water partition coefficient (Wildman–Crippen LogP) is 1.58. The van der Waals surface area contributed by atoms with Crippen molar-refractivity contribution in [2.75, 3.05) is 14.2 Å². The largest absolute Gasteiger partial charge is 0.504 e. The summed E-state index contributed by atoms with van der Waals surface area (Å²) in [6.45, 7) is 0. The van der Waals surface area contributed by atoms with Crippen LogP contribution in [0.15, 0.2) is 36.4 Å². The maximum absolute atomic E-state index is 12.4. The van der Waals surface area contributed by atoms with E-state index in [1.807, 2.05) is 0 Å². The summed E-state index contributed by atoms with van der Waals surface area (Å²) in [7, 11) is 2.67. The minimum absolute atomic E-state index is 0. The zero-order valence-electron chi connectivity index (χ0n) is 13.1. The van der Waals surface area contributed by atoms with Crippen molar-refractivity contribution >= 4 is 64.9 Å². The molecule has 0 amide bonds. The number of phenolic OH excluding ortho intramolecular Hbond substituents is 2. The van der Waals surface area contributed by atoms with E-state index in [-0.39, 0.29) is 82.0 Å². The van der Waals surface area contributed by atoms with Gasteiger partial charge in [0.2, 0.25) is 11.5 Å². The van der Waals surface area contributed by atoms with Gasteiger partial charge in [-0.1, -0.05) is 30.3 Å². The Hall–Kier alpha value is -0.690. The number of ether oxygens (including phenoxy) is 2. The van der Waals surface area contributed by atoms with Gasteiger partial charge >= 0.3 is 0 Å². The SMILES string of the molecule is COc1c(C(=O)c2ccccc2)cc(O)c(O)c1OC.[Na].[Na]. The normalized spacial score (nSPS) is 9.18. The molecule has 22 heavy (non-hydrogen) atoms. The van der Waals surface area contributed by atoms with Crippen LogP contribution in [0.4, 0.5) is 0 Å². The van der Waals surface area contributed by atoms with Crippen LogP contribution >= 0.6 is 0 Å². The first kappa shape index (κ1) is 21.3. The van der Waals surface area contributed by atoms with Crippen molar-refractivity contribution in [1.29, 1.82) is 0 Å². The number of hydrogen-bond donors (Lipinski definition) is 2. The average Bonchev–Trinajstić information content (AvgIpc) is 2.49. The Balaban J connectivity index is 0.00000220. The van der Waals surface area contributed by atoms with E-state index >= 15 is 0 Å². The van der Waals surface area contributed by atoms with Crippen LogP contribution in [0.5, 0.6) is 23.0 Å². The van der Waals surface area contributed by atoms with Crippen LogP contribution in [0.3, 0.4) is 0 Å². The summed E-state index contributed by atoms with van der Waals surface area (Å²) in [4.78, 5) is 12.4. The molecule has 2 aromatic carbocycles. The number of benzene rings is 2. The Morgan fingerprint density at radius 1 is 0.955 bits per heavy atom. The number of phenols is 2. The molecular formula is C15H14Na2O5. The number of carbonyl (C=O) groups excluding carboxylic acids is 1. The third-order valence-corrected chi connectivity index (χ3v) is 2.88. The smallest absolute Gasteiger partial charge is 0.207 e. The minimum atomic E-state index is -0.464. The number of hydrogen-bond acceptors (Lipinski definition) is 5. The van der Waals surface area contributed by atoms with Gasteiger partial charge in [-0.3, -0.25) is 4.79 Å². The summed E-state index contributed by atoms with van der Waals surface area (Å²) in [5, 5.41) is 19.4. The molecule has 0 unspecified atom stereocenters. The molecule has 2 radical (unpaired) electrons. The van der Waals surface area contributed by atoms with Crippen LogP contribution in [0.1, 0.15) is 15.9 Å². The molecule has 0 spiro atoms. The second-order valence-electron chi connectivity index (χ2n) is 4.05. The molecule has 0 atom stereocenters. The first-order valence-electron chi connectivity index (χ1n) is 5.86. The Kier molecular flexibility index (Phi) is 9.15. The number of carbonyl (C=O) groups is 1. The van der Waals surface area contributed by atoms with Crippen molar-refractivity contribution in [2.24, 2.45) is 0 Å². The molecule has 0 aliphatic rings. The Bertz CT molecular complexity index is 644. The van der Waals surface area contributed by atoms with E-state index < -0.39 is 11.5 Å². The van der Waals surface area contributed by atoms with Crippen molar-refractivity contribution in [1.82, 2.24) is 0 Å². The third-order valence-electron chi connectivity index (χ3n) is 2.88. The number of aromatic hydroxyl groups is 2. The van der Waals surface area contributed by atoms with E-state index in [0.717, 1.165) is 6.07 Å². The molecule has 0 heterocycles. The van der Waals surface area contributed by atoms with Crippen molar-refractivity contribution in [3.05, 3.63) is 47.5 Å². The molecule has 106 valence electrons. The summed E-state index contributed by atoms with van der Waals surface area (Å²) in [6, 6.07) is 9.72. The summed E-state index contributed by atoms with van der Waals surface area (Å²) in [6.07, 6.45) is 0. The van der Waals surface area contributed by atoms with Gasteiger partial charge in [0.1, 0.15) is 0 Å². The second kappa shape index (κ2) is 9.45. The van der Waals surface area contributed by atoms with Crippen LogP contribution in [0.2, 0.25) is 0 Å². The fourth-order valence-corrected chi connectivity index (χ4v) is 1.92. The minimum Gasteiger partial charge on any atom is -0.504 e. The quantitative estimate of drug-likeness (QED) is 0.508. The molecule has 7 heteroatoms. The van der Waals surface area contributed by atoms with Crippen molar-refractivity contribution in [3.63, 3.8) is 0 Å². The standard InChI is InChI=1S/C15H14O5.2Na/c1-19-14-10(8-11(16)13(18)15(14)20-2)12(17)9-6-4-3-5-7-9;;/h3-8,16,18H,1-2H3;;. The number of methoxy groups -OCH3 is 2. The van der Waals surface area contributed by atoms with Gasteiger partial charge in [-0.25, -0.2) is 0 Å². The van der Waals surface area contributed by atoms with E-state index in [9.17, 15) is 15.0 Å². The Morgan fingerprint density at radius 3 is 2.00 bits per heavy atom. The Morgan fingerprint density at radius 2 is 1.50 bits per heavy atom. The van der Waals surface area contributed by atoms with Crippen molar-refractivity contribution in [2.45, 2.75) is 0 Å². The first-order chi connectivity index (χ1) is 9.60. The second-order valence-corrected chi connectivity index (χ2v) is 4.05. The van der Waals surface area contributed by atoms with Crippen molar-refractivity contribution < 1.29 is 24.5 Å². The molecule has 2 rings (SSSR count). The first-order valence-corrected chi connectivity index (χ1v) is 5.86. The van der Waals surface area contributed by atoms with Crippen LogP contribution in [-0.4, -0.2) is 89.3 Å². The topological polar surface area (TPSA) is 76.0 Å². The molecule has 0 saturated carbocycles. The average molecular weight is 320 g/mol. The van der Waals surface area contributed by atoms with E-state index in [4.69, 9.17) is 9.47 Å². The van der Waals surface area contributed by atoms with Gasteiger partial charge in [-0.05, 0) is 6.07 Å². The summed E-state index contributed by atoms with van der Waals surface area (Å²) in [5.41, 5.74) is 0.559. The molecule has 2 aromatic rings. The number of rotatable bonds is 4. The number of ketones is 1. The molecule has 0 saturated heterocycles. The van der Waals surface area contributed by atoms with Crippen LogP contribution in [0, 0.1) is 0 Å². The van der Waals surface area contributed by atoms with E-state index in [0.29, 0.717) is 5.56 Å². The molecule has 2 N–H and O–H groups in total. The molecule has 0 aromatic heterocycles. The van der Waals surface area contributed by atoms with Crippen LogP contribution in [0.25, 0.3) is 0 Å². The fraction of sp³-hybridized carbons (Fsp3) is 0.133. The fourth-order valence-electron chi connectivity index (χ4n) is 1.92. The molecule has 0 aliphatic carbocycles.